The minimum absolute atomic E-state index is 0.902. The van der Waals surface area contributed by atoms with E-state index in [2.05, 4.69) is 99.6 Å². The summed E-state index contributed by atoms with van der Waals surface area (Å²) in [5.74, 6) is 0. The molecule has 4 nitrogen and oxygen atoms in total. The van der Waals surface area contributed by atoms with E-state index in [1.54, 1.807) is 22.7 Å². The van der Waals surface area contributed by atoms with E-state index < -0.39 is 0 Å². The predicted molar refractivity (Wildman–Crippen MR) is 145 cm³/mol. The van der Waals surface area contributed by atoms with Crippen molar-refractivity contribution in [1.29, 1.82) is 0 Å². The van der Waals surface area contributed by atoms with E-state index in [0.717, 1.165) is 56.0 Å². The number of thiophene rings is 2. The van der Waals surface area contributed by atoms with Gasteiger partial charge in [-0.2, -0.15) is 0 Å². The van der Waals surface area contributed by atoms with Gasteiger partial charge < -0.3 is 9.97 Å². The molecule has 0 saturated heterocycles. The van der Waals surface area contributed by atoms with Crippen LogP contribution in [0, 0.1) is 0 Å². The SMILES string of the molecule is C1=Cc2nc1cc1nc(c(-c3cccs3)c3ccc(cc4ccc([nH]4)c2-c2cccs2)[nH]3)C=C1. The number of hydrogen-bond acceptors (Lipinski definition) is 4. The molecular formula is C28H18N4S2. The highest BCUT2D eigenvalue weighted by molar-refractivity contribution is 7.14. The number of aromatic amines is 2. The summed E-state index contributed by atoms with van der Waals surface area (Å²) < 4.78 is 0. The largest absolute Gasteiger partial charge is 0.355 e. The van der Waals surface area contributed by atoms with Gasteiger partial charge in [-0.15, -0.1) is 22.7 Å². The lowest BCUT2D eigenvalue weighted by molar-refractivity contribution is 1.28. The maximum Gasteiger partial charge on any atom is 0.0745 e. The zero-order valence-electron chi connectivity index (χ0n) is 17.9. The Morgan fingerprint density at radius 2 is 1.09 bits per heavy atom. The van der Waals surface area contributed by atoms with E-state index in [-0.39, 0.29) is 0 Å². The first-order valence-corrected chi connectivity index (χ1v) is 12.7. The molecule has 6 heteroatoms. The molecule has 0 fully saturated rings. The number of hydrogen-bond donors (Lipinski definition) is 2. The second kappa shape index (κ2) is 7.80. The molecule has 7 rings (SSSR count). The van der Waals surface area contributed by atoms with E-state index in [1.165, 1.54) is 9.75 Å². The third kappa shape index (κ3) is 3.36. The molecular weight excluding hydrogens is 456 g/mol. The maximum atomic E-state index is 4.96. The molecule has 5 aromatic rings. The molecule has 0 amide bonds. The zero-order chi connectivity index (χ0) is 22.5. The summed E-state index contributed by atoms with van der Waals surface area (Å²) in [6, 6.07) is 21.1. The lowest BCUT2D eigenvalue weighted by atomic mass is 10.1. The fourth-order valence-corrected chi connectivity index (χ4v) is 6.02. The summed E-state index contributed by atoms with van der Waals surface area (Å²) in [6.07, 6.45) is 8.30. The van der Waals surface area contributed by atoms with Crippen LogP contribution < -0.4 is 0 Å². The van der Waals surface area contributed by atoms with Crippen LogP contribution in [0.2, 0.25) is 0 Å². The Balaban J connectivity index is 1.60. The van der Waals surface area contributed by atoms with Gasteiger partial charge in [0.15, 0.2) is 0 Å². The van der Waals surface area contributed by atoms with Gasteiger partial charge in [0.1, 0.15) is 0 Å². The number of rotatable bonds is 2. The molecule has 0 spiro atoms. The highest BCUT2D eigenvalue weighted by Gasteiger charge is 2.14. The van der Waals surface area contributed by atoms with Gasteiger partial charge in [-0.1, -0.05) is 12.1 Å². The average Bonchev–Trinajstić information content (AvgIpc) is 3.67. The molecule has 5 aromatic heterocycles. The van der Waals surface area contributed by atoms with Crippen LogP contribution in [0.3, 0.4) is 0 Å². The van der Waals surface area contributed by atoms with Gasteiger partial charge in [-0.3, -0.25) is 0 Å². The molecule has 0 unspecified atom stereocenters. The van der Waals surface area contributed by atoms with Crippen LogP contribution >= 0.6 is 22.7 Å². The highest BCUT2D eigenvalue weighted by Crippen LogP contribution is 2.34. The molecule has 0 saturated carbocycles. The molecule has 162 valence electrons. The van der Waals surface area contributed by atoms with Crippen molar-refractivity contribution in [1.82, 2.24) is 19.9 Å². The summed E-state index contributed by atoms with van der Waals surface area (Å²) in [6.45, 7) is 0. The van der Waals surface area contributed by atoms with Crippen molar-refractivity contribution in [2.24, 2.45) is 0 Å². The van der Waals surface area contributed by atoms with Crippen LogP contribution in [0.25, 0.3) is 67.3 Å². The van der Waals surface area contributed by atoms with Gasteiger partial charge in [0.05, 0.1) is 22.8 Å². The first kappa shape index (κ1) is 19.5. The number of H-pyrrole nitrogens is 2. The van der Waals surface area contributed by atoms with Gasteiger partial charge in [0.25, 0.3) is 0 Å². The summed E-state index contributed by atoms with van der Waals surface area (Å²) in [5.41, 5.74) is 10.1. The number of nitrogens with zero attached hydrogens (tertiary/aromatic N) is 2. The fraction of sp³-hybridized carbons (Fsp3) is 0. The lowest BCUT2D eigenvalue weighted by Gasteiger charge is -2.00. The standard InChI is InChI=1S/C28H18N4S2/c1-3-25(33-13-1)27-21-9-5-17(29-21)15-19-7-11-23(31-19)28(26-4-2-14-34-26)24-12-8-20(32-24)16-18-6-10-22(27)30-18/h1-16,29,31H. The summed E-state index contributed by atoms with van der Waals surface area (Å²) in [4.78, 5) is 19.5. The van der Waals surface area contributed by atoms with Gasteiger partial charge in [0, 0.05) is 42.9 Å². The van der Waals surface area contributed by atoms with E-state index in [0.29, 0.717) is 0 Å². The Hall–Kier alpha value is -4.00. The Bertz CT molecular complexity index is 1620. The molecule has 2 N–H and O–H groups in total. The molecule has 0 atom stereocenters. The molecule has 34 heavy (non-hydrogen) atoms. The minimum Gasteiger partial charge on any atom is -0.355 e. The van der Waals surface area contributed by atoms with Gasteiger partial charge in [-0.05, 0) is 83.6 Å². The number of fused-ring (bicyclic) bond motifs is 8. The Morgan fingerprint density at radius 1 is 0.559 bits per heavy atom. The van der Waals surface area contributed by atoms with Crippen LogP contribution in [0.5, 0.6) is 0 Å². The maximum absolute atomic E-state index is 4.96. The number of nitrogens with one attached hydrogen (secondary N) is 2. The van der Waals surface area contributed by atoms with Crippen molar-refractivity contribution < 1.29 is 0 Å². The topological polar surface area (TPSA) is 57.4 Å². The van der Waals surface area contributed by atoms with E-state index in [1.807, 2.05) is 6.07 Å². The Morgan fingerprint density at radius 3 is 1.56 bits per heavy atom. The molecule has 2 aliphatic heterocycles. The van der Waals surface area contributed by atoms with Gasteiger partial charge in [-0.25, -0.2) is 9.97 Å². The molecule has 7 heterocycles. The van der Waals surface area contributed by atoms with Crippen molar-refractivity contribution in [3.8, 4) is 20.9 Å². The van der Waals surface area contributed by atoms with Crippen LogP contribution in [0.15, 0.2) is 71.4 Å². The third-order valence-electron chi connectivity index (χ3n) is 5.93. The highest BCUT2D eigenvalue weighted by atomic mass is 32.1. The molecule has 2 aliphatic rings. The third-order valence-corrected chi connectivity index (χ3v) is 7.71. The normalized spacial score (nSPS) is 12.5. The van der Waals surface area contributed by atoms with Gasteiger partial charge in [0.2, 0.25) is 0 Å². The van der Waals surface area contributed by atoms with Crippen molar-refractivity contribution in [3.63, 3.8) is 0 Å². The zero-order valence-corrected chi connectivity index (χ0v) is 19.6. The van der Waals surface area contributed by atoms with Gasteiger partial charge >= 0.3 is 0 Å². The number of aromatic nitrogens is 4. The summed E-state index contributed by atoms with van der Waals surface area (Å²) >= 11 is 3.44. The second-order valence-electron chi connectivity index (χ2n) is 8.16. The molecule has 0 aliphatic carbocycles. The quantitative estimate of drug-likeness (QED) is 0.266. The van der Waals surface area contributed by atoms with E-state index >= 15 is 0 Å². The summed E-state index contributed by atoms with van der Waals surface area (Å²) in [5, 5.41) is 4.20. The lowest BCUT2D eigenvalue weighted by Crippen LogP contribution is -1.84. The molecule has 0 aromatic carbocycles. The fourth-order valence-electron chi connectivity index (χ4n) is 4.43. The van der Waals surface area contributed by atoms with Crippen LogP contribution in [-0.2, 0) is 0 Å². The molecule has 0 radical (unpaired) electrons. The van der Waals surface area contributed by atoms with Crippen LogP contribution in [0.4, 0.5) is 0 Å². The first-order valence-electron chi connectivity index (χ1n) is 11.0. The van der Waals surface area contributed by atoms with Crippen LogP contribution in [0.1, 0.15) is 22.8 Å². The molecule has 8 bridgehead atoms. The van der Waals surface area contributed by atoms with Crippen molar-refractivity contribution in [3.05, 3.63) is 94.2 Å². The second-order valence-corrected chi connectivity index (χ2v) is 10.1. The van der Waals surface area contributed by atoms with Crippen molar-refractivity contribution >= 4 is 69.0 Å². The van der Waals surface area contributed by atoms with Crippen LogP contribution in [-0.4, -0.2) is 19.9 Å². The average molecular weight is 475 g/mol. The minimum atomic E-state index is 0.902. The Labute approximate surface area is 203 Å². The van der Waals surface area contributed by atoms with Crippen molar-refractivity contribution in [2.45, 2.75) is 0 Å². The monoisotopic (exact) mass is 474 g/mol. The predicted octanol–water partition coefficient (Wildman–Crippen LogP) is 8.11. The smallest absolute Gasteiger partial charge is 0.0745 e. The first-order chi connectivity index (χ1) is 16.8. The van der Waals surface area contributed by atoms with E-state index in [4.69, 9.17) is 9.97 Å². The van der Waals surface area contributed by atoms with E-state index in [9.17, 15) is 0 Å². The van der Waals surface area contributed by atoms with Crippen molar-refractivity contribution in [2.75, 3.05) is 0 Å². The summed E-state index contributed by atoms with van der Waals surface area (Å²) in [7, 11) is 0. The Kier molecular flexibility index (Phi) is 4.46.